The number of epoxide rings is 1. The second kappa shape index (κ2) is 8.56. The summed E-state index contributed by atoms with van der Waals surface area (Å²) in [5.41, 5.74) is -0.259. The molecular formula is C30H42O7. The van der Waals surface area contributed by atoms with Crippen LogP contribution in [0.25, 0.3) is 0 Å². The highest BCUT2D eigenvalue weighted by Gasteiger charge is 2.85. The monoisotopic (exact) mass is 514 g/mol. The Morgan fingerprint density at radius 3 is 2.57 bits per heavy atom. The van der Waals surface area contributed by atoms with Gasteiger partial charge in [0.2, 0.25) is 0 Å². The normalized spacial score (nSPS) is 51.6. The number of rotatable bonds is 4. The van der Waals surface area contributed by atoms with E-state index in [2.05, 4.69) is 13.8 Å². The Bertz CT molecular complexity index is 1020. The zero-order valence-electron chi connectivity index (χ0n) is 22.9. The third kappa shape index (κ3) is 3.51. The van der Waals surface area contributed by atoms with E-state index in [9.17, 15) is 14.4 Å². The molecule has 0 radical (unpaired) electrons. The maximum absolute atomic E-state index is 12.6. The fraction of sp³-hybridized carbons (Fsp3) is 0.833. The van der Waals surface area contributed by atoms with Gasteiger partial charge in [-0.05, 0) is 75.0 Å². The molecule has 0 aromatic heterocycles. The molecule has 1 spiro atoms. The molecule has 12 atom stereocenters. The molecule has 2 aliphatic heterocycles. The summed E-state index contributed by atoms with van der Waals surface area (Å²) in [6, 6.07) is 0. The van der Waals surface area contributed by atoms with E-state index in [0.29, 0.717) is 24.2 Å². The summed E-state index contributed by atoms with van der Waals surface area (Å²) >= 11 is 0. The van der Waals surface area contributed by atoms with E-state index in [1.54, 1.807) is 6.08 Å². The van der Waals surface area contributed by atoms with Gasteiger partial charge in [-0.1, -0.05) is 26.8 Å². The highest BCUT2D eigenvalue weighted by Crippen LogP contribution is 2.77. The molecule has 0 amide bonds. The van der Waals surface area contributed by atoms with Crippen molar-refractivity contribution in [3.05, 3.63) is 12.2 Å². The standard InChI is InChI=1S/C30H42O7/c1-6-23(32)36-26-25(20-8-10-24(33)34-16(20)2)29(5)14-12-21-22(30(29)27(26)37-30)9-7-18-15-19(35-17(3)31)11-13-28(18,21)4/h8,10,16,18-22,25-27H,6-7,9,11-15H2,1-5H3/t16?,18-,19+,20?,21+,22-,25+,26-,27-,28+,29-,30-/m1/s1. The van der Waals surface area contributed by atoms with Gasteiger partial charge in [0.1, 0.15) is 30.0 Å². The Morgan fingerprint density at radius 2 is 1.86 bits per heavy atom. The molecule has 6 aliphatic rings. The van der Waals surface area contributed by atoms with Crippen molar-refractivity contribution in [1.29, 1.82) is 0 Å². The van der Waals surface area contributed by atoms with E-state index in [1.165, 1.54) is 6.92 Å². The van der Waals surface area contributed by atoms with E-state index in [-0.39, 0.29) is 70.6 Å². The van der Waals surface area contributed by atoms with Crippen molar-refractivity contribution >= 4 is 17.9 Å². The summed E-state index contributed by atoms with van der Waals surface area (Å²) in [6.45, 7) is 10.1. The molecule has 0 bridgehead atoms. The number of fused-ring (bicyclic) bond motifs is 3. The van der Waals surface area contributed by atoms with Crippen LogP contribution >= 0.6 is 0 Å². The van der Waals surface area contributed by atoms with Gasteiger partial charge < -0.3 is 18.9 Å². The molecule has 2 heterocycles. The second-order valence-corrected chi connectivity index (χ2v) is 13.2. The smallest absolute Gasteiger partial charge is 0.330 e. The van der Waals surface area contributed by atoms with Gasteiger partial charge >= 0.3 is 17.9 Å². The lowest BCUT2D eigenvalue weighted by Gasteiger charge is -2.61. The van der Waals surface area contributed by atoms with Crippen LogP contribution < -0.4 is 0 Å². The minimum atomic E-state index is -0.324. The minimum Gasteiger partial charge on any atom is -0.463 e. The van der Waals surface area contributed by atoms with E-state index in [0.717, 1.165) is 44.9 Å². The summed E-state index contributed by atoms with van der Waals surface area (Å²) in [5.74, 6) is 0.886. The number of carbonyl (C=O) groups is 3. The van der Waals surface area contributed by atoms with Crippen molar-refractivity contribution in [3.8, 4) is 0 Å². The van der Waals surface area contributed by atoms with Crippen molar-refractivity contribution in [2.45, 2.75) is 116 Å². The van der Waals surface area contributed by atoms with Crippen LogP contribution in [-0.2, 0) is 33.3 Å². The van der Waals surface area contributed by atoms with Crippen LogP contribution in [0.4, 0.5) is 0 Å². The van der Waals surface area contributed by atoms with Crippen LogP contribution in [0.1, 0.15) is 86.0 Å². The van der Waals surface area contributed by atoms with E-state index in [4.69, 9.17) is 18.9 Å². The number of ether oxygens (including phenoxy) is 4. The zero-order valence-corrected chi connectivity index (χ0v) is 22.9. The molecule has 0 aromatic carbocycles. The number of carbonyl (C=O) groups excluding carboxylic acids is 3. The average Bonchev–Trinajstić information content (AvgIpc) is 3.54. The molecular weight excluding hydrogens is 472 g/mol. The quantitative estimate of drug-likeness (QED) is 0.303. The third-order valence-electron chi connectivity index (χ3n) is 11.7. The first-order chi connectivity index (χ1) is 17.5. The molecule has 1 saturated heterocycles. The Morgan fingerprint density at radius 1 is 1.08 bits per heavy atom. The average molecular weight is 515 g/mol. The lowest BCUT2D eigenvalue weighted by atomic mass is 9.43. The predicted octanol–water partition coefficient (Wildman–Crippen LogP) is 4.76. The molecule has 4 saturated carbocycles. The van der Waals surface area contributed by atoms with Crippen molar-refractivity contribution in [2.75, 3.05) is 0 Å². The van der Waals surface area contributed by atoms with Crippen molar-refractivity contribution in [1.82, 2.24) is 0 Å². The van der Waals surface area contributed by atoms with Gasteiger partial charge in [0.15, 0.2) is 0 Å². The molecule has 7 nitrogen and oxygen atoms in total. The van der Waals surface area contributed by atoms with Crippen LogP contribution in [0.2, 0.25) is 0 Å². The van der Waals surface area contributed by atoms with Crippen molar-refractivity contribution in [2.24, 2.45) is 40.4 Å². The molecule has 37 heavy (non-hydrogen) atoms. The minimum absolute atomic E-state index is 0.00623. The number of cyclic esters (lactones) is 1. The molecule has 0 aromatic rings. The van der Waals surface area contributed by atoms with Gasteiger partial charge in [-0.3, -0.25) is 9.59 Å². The lowest BCUT2D eigenvalue weighted by molar-refractivity contribution is -0.182. The molecule has 2 unspecified atom stereocenters. The van der Waals surface area contributed by atoms with Crippen molar-refractivity contribution in [3.63, 3.8) is 0 Å². The first-order valence-corrected chi connectivity index (χ1v) is 14.5. The SMILES string of the molecule is CCC(=O)O[C@H]1[C@H]2O[C@]23[C@@H]2CC[C@@H]4C[C@@H](OC(C)=O)CC[C@]4(C)[C@H]2CC[C@]3(C)[C@H]1C1C=CC(=O)OC1C. The maximum atomic E-state index is 12.6. The fourth-order valence-electron chi connectivity index (χ4n) is 10.1. The first kappa shape index (κ1) is 25.4. The van der Waals surface area contributed by atoms with Gasteiger partial charge in [-0.15, -0.1) is 0 Å². The summed E-state index contributed by atoms with van der Waals surface area (Å²) in [6.07, 6.45) is 10.5. The van der Waals surface area contributed by atoms with E-state index in [1.807, 2.05) is 19.9 Å². The molecule has 204 valence electrons. The summed E-state index contributed by atoms with van der Waals surface area (Å²) in [7, 11) is 0. The van der Waals surface area contributed by atoms with Crippen LogP contribution in [-0.4, -0.2) is 47.9 Å². The van der Waals surface area contributed by atoms with Crippen LogP contribution in [0.15, 0.2) is 12.2 Å². The Labute approximate surface area is 220 Å². The summed E-state index contributed by atoms with van der Waals surface area (Å²) in [5, 5.41) is 0. The fourth-order valence-corrected chi connectivity index (χ4v) is 10.1. The van der Waals surface area contributed by atoms with Gasteiger partial charge in [0.05, 0.1) is 0 Å². The van der Waals surface area contributed by atoms with Gasteiger partial charge in [0, 0.05) is 36.7 Å². The molecule has 7 heteroatoms. The molecule has 5 fully saturated rings. The summed E-state index contributed by atoms with van der Waals surface area (Å²) < 4.78 is 24.2. The number of hydrogen-bond donors (Lipinski definition) is 0. The number of hydrogen-bond acceptors (Lipinski definition) is 7. The highest BCUT2D eigenvalue weighted by atomic mass is 16.7. The number of esters is 3. The van der Waals surface area contributed by atoms with Crippen LogP contribution in [0.5, 0.6) is 0 Å². The largest absolute Gasteiger partial charge is 0.463 e. The lowest BCUT2D eigenvalue weighted by Crippen LogP contribution is -2.59. The topological polar surface area (TPSA) is 91.4 Å². The second-order valence-electron chi connectivity index (χ2n) is 13.2. The third-order valence-corrected chi connectivity index (χ3v) is 11.7. The first-order valence-electron chi connectivity index (χ1n) is 14.5. The Balaban J connectivity index is 1.33. The van der Waals surface area contributed by atoms with Gasteiger partial charge in [-0.2, -0.15) is 0 Å². The Kier molecular flexibility index (Phi) is 5.87. The van der Waals surface area contributed by atoms with E-state index < -0.39 is 0 Å². The molecule has 0 N–H and O–H groups in total. The van der Waals surface area contributed by atoms with Crippen LogP contribution in [0, 0.1) is 40.4 Å². The van der Waals surface area contributed by atoms with Crippen LogP contribution in [0.3, 0.4) is 0 Å². The predicted molar refractivity (Wildman–Crippen MR) is 134 cm³/mol. The van der Waals surface area contributed by atoms with Crippen molar-refractivity contribution < 1.29 is 33.3 Å². The Hall–Kier alpha value is -1.89. The molecule has 4 aliphatic carbocycles. The van der Waals surface area contributed by atoms with Gasteiger partial charge in [0.25, 0.3) is 0 Å². The maximum Gasteiger partial charge on any atom is 0.330 e. The van der Waals surface area contributed by atoms with E-state index >= 15 is 0 Å². The zero-order chi connectivity index (χ0) is 26.3. The summed E-state index contributed by atoms with van der Waals surface area (Å²) in [4.78, 5) is 36.2. The molecule has 6 rings (SSSR count). The highest BCUT2D eigenvalue weighted by molar-refractivity contribution is 5.83. The van der Waals surface area contributed by atoms with Gasteiger partial charge in [-0.25, -0.2) is 4.79 Å².